The van der Waals surface area contributed by atoms with Crippen molar-refractivity contribution in [2.24, 2.45) is 0 Å². The number of ether oxygens (including phenoxy) is 1. The van der Waals surface area contributed by atoms with E-state index in [1.54, 1.807) is 12.1 Å². The number of methoxy groups -OCH3 is 1. The summed E-state index contributed by atoms with van der Waals surface area (Å²) >= 11 is 3.25. The summed E-state index contributed by atoms with van der Waals surface area (Å²) in [5, 5.41) is 0.803. The van der Waals surface area contributed by atoms with E-state index in [9.17, 15) is 4.39 Å². The van der Waals surface area contributed by atoms with Crippen molar-refractivity contribution in [3.8, 4) is 17.6 Å². The van der Waals surface area contributed by atoms with E-state index in [0.717, 1.165) is 5.33 Å². The maximum absolute atomic E-state index is 13.3. The molecule has 0 bridgehead atoms. The molecule has 0 aliphatic rings. The van der Waals surface area contributed by atoms with Crippen LogP contribution in [0, 0.1) is 17.7 Å². The first-order valence-electron chi connectivity index (χ1n) is 4.16. The summed E-state index contributed by atoms with van der Waals surface area (Å²) in [7, 11) is 1.50. The lowest BCUT2D eigenvalue weighted by Gasteiger charge is -1.99. The van der Waals surface area contributed by atoms with Gasteiger partial charge in [0.2, 0.25) is 0 Å². The Morgan fingerprint density at radius 2 is 2.29 bits per heavy atom. The van der Waals surface area contributed by atoms with Gasteiger partial charge in [0, 0.05) is 17.8 Å². The zero-order valence-electron chi connectivity index (χ0n) is 7.81. The molecule has 14 heavy (non-hydrogen) atoms. The fraction of sp³-hybridized carbons (Fsp3) is 0.273. The van der Waals surface area contributed by atoms with E-state index in [0.29, 0.717) is 17.7 Å². The Labute approximate surface area is 91.4 Å². The molecule has 0 radical (unpaired) electrons. The van der Waals surface area contributed by atoms with Crippen LogP contribution < -0.4 is 4.74 Å². The Bertz CT molecular complexity index is 365. The molecule has 0 aromatic heterocycles. The highest BCUT2D eigenvalue weighted by Crippen LogP contribution is 2.15. The quantitative estimate of drug-likeness (QED) is 0.584. The summed E-state index contributed by atoms with van der Waals surface area (Å²) in [4.78, 5) is 0. The van der Waals surface area contributed by atoms with Gasteiger partial charge in [-0.3, -0.25) is 0 Å². The lowest BCUT2D eigenvalue weighted by Crippen LogP contribution is -1.87. The summed E-state index contributed by atoms with van der Waals surface area (Å²) in [6, 6.07) is 4.65. The third-order valence-electron chi connectivity index (χ3n) is 1.62. The Balaban J connectivity index is 2.85. The van der Waals surface area contributed by atoms with Gasteiger partial charge in [-0.25, -0.2) is 4.39 Å². The lowest BCUT2D eigenvalue weighted by molar-refractivity contribution is 0.411. The number of benzene rings is 1. The highest BCUT2D eigenvalue weighted by Gasteiger charge is 2.00. The lowest BCUT2D eigenvalue weighted by atomic mass is 10.2. The SMILES string of the molecule is COc1ccc(C#CCCBr)c(F)c1. The van der Waals surface area contributed by atoms with Gasteiger partial charge in [0.25, 0.3) is 0 Å². The van der Waals surface area contributed by atoms with E-state index in [1.165, 1.54) is 13.2 Å². The maximum atomic E-state index is 13.3. The molecule has 1 rings (SSSR count). The number of hydrogen-bond acceptors (Lipinski definition) is 1. The predicted molar refractivity (Wildman–Crippen MR) is 58.2 cm³/mol. The van der Waals surface area contributed by atoms with Crippen molar-refractivity contribution >= 4 is 15.9 Å². The smallest absolute Gasteiger partial charge is 0.142 e. The number of alkyl halides is 1. The average molecular weight is 257 g/mol. The number of rotatable bonds is 2. The van der Waals surface area contributed by atoms with Crippen molar-refractivity contribution < 1.29 is 9.13 Å². The molecule has 1 aromatic carbocycles. The fourth-order valence-electron chi connectivity index (χ4n) is 0.929. The zero-order chi connectivity index (χ0) is 10.4. The summed E-state index contributed by atoms with van der Waals surface area (Å²) < 4.78 is 18.2. The summed E-state index contributed by atoms with van der Waals surface area (Å²) in [5.41, 5.74) is 0.409. The van der Waals surface area contributed by atoms with E-state index >= 15 is 0 Å². The van der Waals surface area contributed by atoms with Crippen LogP contribution in [-0.2, 0) is 0 Å². The molecule has 0 saturated heterocycles. The fourth-order valence-corrected chi connectivity index (χ4v) is 1.13. The van der Waals surface area contributed by atoms with Gasteiger partial charge in [0.05, 0.1) is 12.7 Å². The van der Waals surface area contributed by atoms with Crippen LogP contribution >= 0.6 is 15.9 Å². The largest absolute Gasteiger partial charge is 0.497 e. The molecule has 0 aliphatic carbocycles. The van der Waals surface area contributed by atoms with Gasteiger partial charge in [0.15, 0.2) is 0 Å². The second-order valence-electron chi connectivity index (χ2n) is 2.59. The van der Waals surface area contributed by atoms with Crippen LogP contribution in [0.3, 0.4) is 0 Å². The molecule has 0 aliphatic heterocycles. The van der Waals surface area contributed by atoms with Gasteiger partial charge in [0.1, 0.15) is 11.6 Å². The molecule has 0 N–H and O–H groups in total. The first-order chi connectivity index (χ1) is 6.77. The van der Waals surface area contributed by atoms with Gasteiger partial charge >= 0.3 is 0 Å². The minimum atomic E-state index is -0.341. The second-order valence-corrected chi connectivity index (χ2v) is 3.38. The highest BCUT2D eigenvalue weighted by atomic mass is 79.9. The molecule has 3 heteroatoms. The van der Waals surface area contributed by atoms with Gasteiger partial charge in [-0.05, 0) is 12.1 Å². The predicted octanol–water partition coefficient (Wildman–Crippen LogP) is 2.97. The molecule has 0 saturated carbocycles. The van der Waals surface area contributed by atoms with Gasteiger partial charge < -0.3 is 4.74 Å². The van der Waals surface area contributed by atoms with Crippen molar-refractivity contribution in [2.75, 3.05) is 12.4 Å². The number of hydrogen-bond donors (Lipinski definition) is 0. The molecule has 0 unspecified atom stereocenters. The van der Waals surface area contributed by atoms with Gasteiger partial charge in [-0.1, -0.05) is 27.8 Å². The average Bonchev–Trinajstić information content (AvgIpc) is 2.20. The standard InChI is InChI=1S/C11H10BrFO/c1-14-10-6-5-9(11(13)8-10)4-2-3-7-12/h5-6,8H,3,7H2,1H3. The summed E-state index contributed by atoms with van der Waals surface area (Å²) in [6.07, 6.45) is 0.714. The molecular formula is C11H10BrFO. The van der Waals surface area contributed by atoms with Crippen LogP contribution in [0.4, 0.5) is 4.39 Å². The van der Waals surface area contributed by atoms with E-state index in [-0.39, 0.29) is 5.82 Å². The van der Waals surface area contributed by atoms with Crippen molar-refractivity contribution in [1.82, 2.24) is 0 Å². The van der Waals surface area contributed by atoms with Crippen molar-refractivity contribution in [3.05, 3.63) is 29.6 Å². The molecule has 0 atom stereocenters. The molecule has 1 nitrogen and oxygen atoms in total. The highest BCUT2D eigenvalue weighted by molar-refractivity contribution is 9.09. The van der Waals surface area contributed by atoms with E-state index in [4.69, 9.17) is 4.74 Å². The van der Waals surface area contributed by atoms with Crippen LogP contribution in [0.25, 0.3) is 0 Å². The zero-order valence-corrected chi connectivity index (χ0v) is 9.40. The minimum absolute atomic E-state index is 0.341. The van der Waals surface area contributed by atoms with Crippen molar-refractivity contribution in [1.29, 1.82) is 0 Å². The summed E-state index contributed by atoms with van der Waals surface area (Å²) in [6.45, 7) is 0. The number of halogens is 2. The second kappa shape index (κ2) is 5.66. The Kier molecular flexibility index (Phi) is 4.48. The molecule has 0 fully saturated rings. The minimum Gasteiger partial charge on any atom is -0.497 e. The van der Waals surface area contributed by atoms with E-state index in [2.05, 4.69) is 27.8 Å². The van der Waals surface area contributed by atoms with Gasteiger partial charge in [-0.15, -0.1) is 0 Å². The summed E-state index contributed by atoms with van der Waals surface area (Å²) in [5.74, 6) is 5.77. The normalized spacial score (nSPS) is 9.07. The van der Waals surface area contributed by atoms with Crippen LogP contribution in [0.1, 0.15) is 12.0 Å². The Morgan fingerprint density at radius 3 is 2.86 bits per heavy atom. The first kappa shape index (κ1) is 11.1. The van der Waals surface area contributed by atoms with Crippen LogP contribution in [0.2, 0.25) is 0 Å². The molecule has 74 valence electrons. The van der Waals surface area contributed by atoms with Crippen molar-refractivity contribution in [3.63, 3.8) is 0 Å². The molecule has 0 heterocycles. The van der Waals surface area contributed by atoms with Crippen LogP contribution in [0.15, 0.2) is 18.2 Å². The molecule has 1 aromatic rings. The topological polar surface area (TPSA) is 9.23 Å². The maximum Gasteiger partial charge on any atom is 0.142 e. The van der Waals surface area contributed by atoms with Crippen LogP contribution in [0.5, 0.6) is 5.75 Å². The third kappa shape index (κ3) is 3.04. The Morgan fingerprint density at radius 1 is 1.50 bits per heavy atom. The van der Waals surface area contributed by atoms with E-state index in [1.807, 2.05) is 0 Å². The van der Waals surface area contributed by atoms with Crippen LogP contribution in [-0.4, -0.2) is 12.4 Å². The molecule has 0 spiro atoms. The monoisotopic (exact) mass is 256 g/mol. The van der Waals surface area contributed by atoms with Gasteiger partial charge in [-0.2, -0.15) is 0 Å². The van der Waals surface area contributed by atoms with E-state index < -0.39 is 0 Å². The molecular weight excluding hydrogens is 247 g/mol. The first-order valence-corrected chi connectivity index (χ1v) is 5.28. The third-order valence-corrected chi connectivity index (χ3v) is 2.02. The molecule has 0 amide bonds. The Hall–Kier alpha value is -1.01. The van der Waals surface area contributed by atoms with Crippen molar-refractivity contribution in [2.45, 2.75) is 6.42 Å².